The van der Waals surface area contributed by atoms with Gasteiger partial charge >= 0.3 is 0 Å². The minimum atomic E-state index is -3.74. The highest BCUT2D eigenvalue weighted by atomic mass is 32.2. The van der Waals surface area contributed by atoms with Gasteiger partial charge in [0.1, 0.15) is 5.69 Å². The Morgan fingerprint density at radius 1 is 1.13 bits per heavy atom. The van der Waals surface area contributed by atoms with E-state index in [9.17, 15) is 18.5 Å². The first-order chi connectivity index (χ1) is 14.4. The van der Waals surface area contributed by atoms with Crippen LogP contribution < -0.4 is 5.32 Å². The number of nitrogens with zero attached hydrogens (tertiary/aromatic N) is 4. The van der Waals surface area contributed by atoms with Crippen LogP contribution in [0.5, 0.6) is 0 Å². The molecule has 3 rings (SSSR count). The zero-order valence-electron chi connectivity index (χ0n) is 17.1. The first kappa shape index (κ1) is 22.5. The van der Waals surface area contributed by atoms with E-state index in [4.69, 9.17) is 5.26 Å². The van der Waals surface area contributed by atoms with Crippen molar-refractivity contribution in [3.05, 3.63) is 28.3 Å². The standard InChI is InChI=1S/C20H29N5O4S/c21-9-14-23-12-7-17(8-13-23)16-22-19-6-5-18(15-20(19)25(26)27)30(28,29)24-10-3-1-2-4-11-24/h5-6,15,17,22H,1-4,7-8,10-14,16H2. The average Bonchev–Trinajstić information content (AvgIpc) is 3.03. The minimum Gasteiger partial charge on any atom is -0.379 e. The van der Waals surface area contributed by atoms with Crippen molar-refractivity contribution in [3.63, 3.8) is 0 Å². The molecule has 1 aromatic rings. The number of likely N-dealkylation sites (tertiary alicyclic amines) is 1. The van der Waals surface area contributed by atoms with E-state index in [0.717, 1.165) is 51.6 Å². The van der Waals surface area contributed by atoms with Crippen molar-refractivity contribution in [2.45, 2.75) is 43.4 Å². The largest absolute Gasteiger partial charge is 0.379 e. The second-order valence-corrected chi connectivity index (χ2v) is 9.95. The number of nitriles is 1. The van der Waals surface area contributed by atoms with Crippen molar-refractivity contribution in [1.82, 2.24) is 9.21 Å². The molecule has 0 bridgehead atoms. The monoisotopic (exact) mass is 435 g/mol. The van der Waals surface area contributed by atoms with Gasteiger partial charge in [-0.15, -0.1) is 0 Å². The maximum absolute atomic E-state index is 13.0. The molecule has 2 aliphatic rings. The van der Waals surface area contributed by atoms with Gasteiger partial charge in [0.15, 0.2) is 0 Å². The molecule has 0 spiro atoms. The molecule has 9 nitrogen and oxygen atoms in total. The van der Waals surface area contributed by atoms with Crippen molar-refractivity contribution < 1.29 is 13.3 Å². The molecule has 2 aliphatic heterocycles. The molecule has 0 aromatic heterocycles. The Morgan fingerprint density at radius 2 is 1.80 bits per heavy atom. The van der Waals surface area contributed by atoms with E-state index in [0.29, 0.717) is 37.8 Å². The maximum atomic E-state index is 13.0. The van der Waals surface area contributed by atoms with E-state index in [1.165, 1.54) is 22.5 Å². The topological polar surface area (TPSA) is 120 Å². The summed E-state index contributed by atoms with van der Waals surface area (Å²) in [5.74, 6) is 0.361. The lowest BCUT2D eigenvalue weighted by Gasteiger charge is -2.30. The molecule has 30 heavy (non-hydrogen) atoms. The van der Waals surface area contributed by atoms with Crippen LogP contribution in [0, 0.1) is 27.4 Å². The maximum Gasteiger partial charge on any atom is 0.293 e. The highest BCUT2D eigenvalue weighted by Gasteiger charge is 2.28. The number of nitro benzene ring substituents is 1. The molecule has 1 N–H and O–H groups in total. The lowest BCUT2D eigenvalue weighted by Crippen LogP contribution is -2.36. The molecular formula is C20H29N5O4S. The van der Waals surface area contributed by atoms with Gasteiger partial charge in [-0.2, -0.15) is 9.57 Å². The molecule has 0 amide bonds. The fourth-order valence-electron chi connectivity index (χ4n) is 4.11. The Kier molecular flexibility index (Phi) is 7.64. The summed E-state index contributed by atoms with van der Waals surface area (Å²) in [6.45, 7) is 3.61. The second kappa shape index (κ2) is 10.2. The van der Waals surface area contributed by atoms with E-state index >= 15 is 0 Å². The van der Waals surface area contributed by atoms with Crippen LogP contribution in [0.25, 0.3) is 0 Å². The van der Waals surface area contributed by atoms with E-state index in [1.54, 1.807) is 0 Å². The third-order valence-electron chi connectivity index (χ3n) is 5.95. The number of benzene rings is 1. The number of nitrogens with one attached hydrogen (secondary N) is 1. The van der Waals surface area contributed by atoms with Crippen molar-refractivity contribution in [1.29, 1.82) is 5.26 Å². The van der Waals surface area contributed by atoms with Crippen LogP contribution in [-0.2, 0) is 10.0 Å². The van der Waals surface area contributed by atoms with Gasteiger partial charge in [0.2, 0.25) is 10.0 Å². The third-order valence-corrected chi connectivity index (χ3v) is 7.85. The van der Waals surface area contributed by atoms with Gasteiger partial charge in [-0.1, -0.05) is 12.8 Å². The summed E-state index contributed by atoms with van der Waals surface area (Å²) in [5, 5.41) is 23.5. The molecule has 2 fully saturated rings. The van der Waals surface area contributed by atoms with E-state index in [1.807, 2.05) is 0 Å². The van der Waals surface area contributed by atoms with Gasteiger partial charge in [-0.25, -0.2) is 8.42 Å². The van der Waals surface area contributed by atoms with Crippen LogP contribution in [0.2, 0.25) is 0 Å². The van der Waals surface area contributed by atoms with Crippen molar-refractivity contribution in [2.24, 2.45) is 5.92 Å². The number of hydrogen-bond donors (Lipinski definition) is 1. The van der Waals surface area contributed by atoms with E-state index in [-0.39, 0.29) is 10.6 Å². The van der Waals surface area contributed by atoms with Crippen molar-refractivity contribution in [3.8, 4) is 6.07 Å². The van der Waals surface area contributed by atoms with Crippen LogP contribution in [0.1, 0.15) is 38.5 Å². The fraction of sp³-hybridized carbons (Fsp3) is 0.650. The SMILES string of the molecule is N#CCN1CCC(CNc2ccc(S(=O)(=O)N3CCCCCC3)cc2[N+](=O)[O-])CC1. The van der Waals surface area contributed by atoms with Crippen LogP contribution in [0.4, 0.5) is 11.4 Å². The number of piperidine rings is 1. The summed E-state index contributed by atoms with van der Waals surface area (Å²) >= 11 is 0. The van der Waals surface area contributed by atoms with Gasteiger partial charge in [0.05, 0.1) is 22.4 Å². The molecular weight excluding hydrogens is 406 g/mol. The minimum absolute atomic E-state index is 0.0218. The van der Waals surface area contributed by atoms with Crippen molar-refractivity contribution >= 4 is 21.4 Å². The highest BCUT2D eigenvalue weighted by Crippen LogP contribution is 2.30. The van der Waals surface area contributed by atoms with E-state index < -0.39 is 14.9 Å². The fourth-order valence-corrected chi connectivity index (χ4v) is 5.64. The van der Waals surface area contributed by atoms with Crippen LogP contribution in [0.3, 0.4) is 0 Å². The Balaban J connectivity index is 1.69. The lowest BCUT2D eigenvalue weighted by atomic mass is 9.96. The van der Waals surface area contributed by atoms with Gasteiger partial charge in [0.25, 0.3) is 5.69 Å². The molecule has 10 heteroatoms. The smallest absolute Gasteiger partial charge is 0.293 e. The Hall–Kier alpha value is -2.22. The summed E-state index contributed by atoms with van der Waals surface area (Å²) in [7, 11) is -3.74. The van der Waals surface area contributed by atoms with Gasteiger partial charge < -0.3 is 5.32 Å². The highest BCUT2D eigenvalue weighted by molar-refractivity contribution is 7.89. The quantitative estimate of drug-likeness (QED) is 0.397. The van der Waals surface area contributed by atoms with Crippen molar-refractivity contribution in [2.75, 3.05) is 44.6 Å². The normalized spacial score (nSPS) is 19.7. The van der Waals surface area contributed by atoms with E-state index in [2.05, 4.69) is 16.3 Å². The molecule has 0 unspecified atom stereocenters. The number of hydrogen-bond acceptors (Lipinski definition) is 7. The molecule has 0 saturated carbocycles. The van der Waals surface area contributed by atoms with Crippen LogP contribution >= 0.6 is 0 Å². The van der Waals surface area contributed by atoms with Crippen LogP contribution in [-0.4, -0.2) is 61.8 Å². The zero-order chi connectivity index (χ0) is 21.6. The number of sulfonamides is 1. The molecule has 2 heterocycles. The summed E-state index contributed by atoms with van der Waals surface area (Å²) in [6.07, 6.45) is 5.48. The van der Waals surface area contributed by atoms with Gasteiger partial charge in [-0.05, 0) is 56.8 Å². The summed E-state index contributed by atoms with van der Waals surface area (Å²) in [4.78, 5) is 13.2. The first-order valence-electron chi connectivity index (χ1n) is 10.5. The number of nitro groups is 1. The first-order valence-corrected chi connectivity index (χ1v) is 12.0. The molecule has 0 radical (unpaired) electrons. The Bertz CT molecular complexity index is 883. The summed E-state index contributed by atoms with van der Waals surface area (Å²) < 4.78 is 27.4. The Morgan fingerprint density at radius 3 is 2.40 bits per heavy atom. The predicted molar refractivity (Wildman–Crippen MR) is 114 cm³/mol. The Labute approximate surface area is 177 Å². The summed E-state index contributed by atoms with van der Waals surface area (Å²) in [6, 6.07) is 6.31. The summed E-state index contributed by atoms with van der Waals surface area (Å²) in [5.41, 5.74) is 0.127. The average molecular weight is 436 g/mol. The van der Waals surface area contributed by atoms with Gasteiger partial charge in [0, 0.05) is 25.7 Å². The van der Waals surface area contributed by atoms with Gasteiger partial charge in [-0.3, -0.25) is 15.0 Å². The molecule has 0 aliphatic carbocycles. The number of rotatable bonds is 7. The molecule has 1 aromatic carbocycles. The molecule has 0 atom stereocenters. The van der Waals surface area contributed by atoms with Crippen LogP contribution in [0.15, 0.2) is 23.1 Å². The lowest BCUT2D eigenvalue weighted by molar-refractivity contribution is -0.384. The zero-order valence-corrected chi connectivity index (χ0v) is 17.9. The molecule has 2 saturated heterocycles. The predicted octanol–water partition coefficient (Wildman–Crippen LogP) is 2.81. The number of anilines is 1. The second-order valence-electron chi connectivity index (χ2n) is 8.01. The molecule has 164 valence electrons. The third kappa shape index (κ3) is 5.47.